The SMILES string of the molecule is COc1ccccc1CN(C)Cc1cnc(Cl)cc1Cl. The second-order valence-corrected chi connectivity index (χ2v) is 5.38. The van der Waals surface area contributed by atoms with E-state index < -0.39 is 0 Å². The van der Waals surface area contributed by atoms with Gasteiger partial charge in [0.25, 0.3) is 0 Å². The summed E-state index contributed by atoms with van der Waals surface area (Å²) in [5.41, 5.74) is 2.09. The lowest BCUT2D eigenvalue weighted by atomic mass is 10.2. The molecule has 0 bridgehead atoms. The highest BCUT2D eigenvalue weighted by molar-refractivity contribution is 6.34. The van der Waals surface area contributed by atoms with E-state index in [1.165, 1.54) is 0 Å². The van der Waals surface area contributed by atoms with Gasteiger partial charge in [0.2, 0.25) is 0 Å². The van der Waals surface area contributed by atoms with E-state index in [9.17, 15) is 0 Å². The van der Waals surface area contributed by atoms with Gasteiger partial charge in [-0.2, -0.15) is 0 Å². The number of para-hydroxylation sites is 1. The molecule has 0 aliphatic rings. The van der Waals surface area contributed by atoms with Crippen LogP contribution < -0.4 is 4.74 Å². The molecule has 0 radical (unpaired) electrons. The number of pyridine rings is 1. The van der Waals surface area contributed by atoms with E-state index >= 15 is 0 Å². The Balaban J connectivity index is 2.07. The Labute approximate surface area is 129 Å². The molecule has 0 atom stereocenters. The normalized spacial score (nSPS) is 10.8. The minimum absolute atomic E-state index is 0.408. The molecule has 1 aromatic heterocycles. The fourth-order valence-electron chi connectivity index (χ4n) is 2.02. The van der Waals surface area contributed by atoms with Crippen molar-refractivity contribution in [2.45, 2.75) is 13.1 Å². The summed E-state index contributed by atoms with van der Waals surface area (Å²) >= 11 is 12.0. The number of benzene rings is 1. The summed E-state index contributed by atoms with van der Waals surface area (Å²) in [4.78, 5) is 6.21. The molecule has 0 aliphatic heterocycles. The van der Waals surface area contributed by atoms with E-state index in [1.807, 2.05) is 25.2 Å². The third-order valence-electron chi connectivity index (χ3n) is 2.97. The lowest BCUT2D eigenvalue weighted by Crippen LogP contribution is -2.18. The quantitative estimate of drug-likeness (QED) is 0.780. The van der Waals surface area contributed by atoms with Gasteiger partial charge < -0.3 is 4.74 Å². The van der Waals surface area contributed by atoms with E-state index in [1.54, 1.807) is 19.4 Å². The van der Waals surface area contributed by atoms with Gasteiger partial charge in [0, 0.05) is 35.4 Å². The van der Waals surface area contributed by atoms with Crippen LogP contribution in [-0.4, -0.2) is 24.0 Å². The van der Waals surface area contributed by atoms with Gasteiger partial charge in [-0.05, 0) is 19.2 Å². The summed E-state index contributed by atoms with van der Waals surface area (Å²) in [6.07, 6.45) is 1.71. The van der Waals surface area contributed by atoms with Crippen molar-refractivity contribution in [3.8, 4) is 5.75 Å². The molecule has 0 N–H and O–H groups in total. The highest BCUT2D eigenvalue weighted by Gasteiger charge is 2.09. The largest absolute Gasteiger partial charge is 0.496 e. The maximum Gasteiger partial charge on any atom is 0.130 e. The lowest BCUT2D eigenvalue weighted by Gasteiger charge is -2.19. The van der Waals surface area contributed by atoms with Crippen LogP contribution in [0.4, 0.5) is 0 Å². The van der Waals surface area contributed by atoms with Crippen molar-refractivity contribution in [3.63, 3.8) is 0 Å². The maximum absolute atomic E-state index is 6.16. The van der Waals surface area contributed by atoms with Crippen LogP contribution in [0.25, 0.3) is 0 Å². The number of methoxy groups -OCH3 is 1. The Hall–Kier alpha value is -1.29. The van der Waals surface area contributed by atoms with Crippen LogP contribution in [0, 0.1) is 0 Å². The molecular formula is C15H16Cl2N2O. The predicted molar refractivity (Wildman–Crippen MR) is 82.4 cm³/mol. The average molecular weight is 311 g/mol. The molecule has 1 aromatic carbocycles. The van der Waals surface area contributed by atoms with Gasteiger partial charge in [0.1, 0.15) is 10.9 Å². The first-order chi connectivity index (χ1) is 9.60. The van der Waals surface area contributed by atoms with Crippen molar-refractivity contribution in [1.29, 1.82) is 0 Å². The van der Waals surface area contributed by atoms with E-state index in [2.05, 4.69) is 16.0 Å². The second-order valence-electron chi connectivity index (χ2n) is 4.58. The van der Waals surface area contributed by atoms with Crippen molar-refractivity contribution in [1.82, 2.24) is 9.88 Å². The third kappa shape index (κ3) is 3.85. The molecule has 20 heavy (non-hydrogen) atoms. The van der Waals surface area contributed by atoms with Gasteiger partial charge in [-0.25, -0.2) is 4.98 Å². The van der Waals surface area contributed by atoms with Gasteiger partial charge in [-0.1, -0.05) is 41.4 Å². The zero-order valence-electron chi connectivity index (χ0n) is 11.4. The fourth-order valence-corrected chi connectivity index (χ4v) is 2.45. The van der Waals surface area contributed by atoms with E-state index in [0.717, 1.165) is 23.4 Å². The summed E-state index contributed by atoms with van der Waals surface area (Å²) in [6.45, 7) is 1.46. The molecule has 5 heteroatoms. The van der Waals surface area contributed by atoms with Gasteiger partial charge >= 0.3 is 0 Å². The maximum atomic E-state index is 6.16. The van der Waals surface area contributed by atoms with Crippen molar-refractivity contribution >= 4 is 23.2 Å². The van der Waals surface area contributed by atoms with Crippen molar-refractivity contribution in [3.05, 3.63) is 57.8 Å². The number of halogens is 2. The number of hydrogen-bond donors (Lipinski definition) is 0. The Morgan fingerprint density at radius 2 is 1.85 bits per heavy atom. The monoisotopic (exact) mass is 310 g/mol. The summed E-state index contributed by atoms with van der Waals surface area (Å²) in [7, 11) is 3.70. The standard InChI is InChI=1S/C15H16Cl2N2O/c1-19(9-11-5-3-4-6-14(11)20-2)10-12-8-18-15(17)7-13(12)16/h3-8H,9-10H2,1-2H3. The number of aromatic nitrogens is 1. The Kier molecular flexibility index (Phi) is 5.24. The number of rotatable bonds is 5. The molecule has 3 nitrogen and oxygen atoms in total. The molecule has 2 aromatic rings. The zero-order chi connectivity index (χ0) is 14.5. The molecule has 0 amide bonds. The minimum atomic E-state index is 0.408. The molecule has 0 saturated carbocycles. The highest BCUT2D eigenvalue weighted by atomic mass is 35.5. The van der Waals surface area contributed by atoms with Crippen LogP contribution in [-0.2, 0) is 13.1 Å². The first-order valence-electron chi connectivity index (χ1n) is 6.20. The summed E-state index contributed by atoms with van der Waals surface area (Å²) < 4.78 is 5.35. The molecule has 0 saturated heterocycles. The van der Waals surface area contributed by atoms with E-state index in [-0.39, 0.29) is 0 Å². The Morgan fingerprint density at radius 3 is 2.55 bits per heavy atom. The van der Waals surface area contributed by atoms with Crippen LogP contribution in [0.5, 0.6) is 5.75 Å². The van der Waals surface area contributed by atoms with E-state index in [4.69, 9.17) is 27.9 Å². The van der Waals surface area contributed by atoms with Gasteiger partial charge in [0.15, 0.2) is 0 Å². The molecule has 0 aliphatic carbocycles. The summed E-state index contributed by atoms with van der Waals surface area (Å²) in [6, 6.07) is 9.64. The van der Waals surface area contributed by atoms with Crippen LogP contribution in [0.2, 0.25) is 10.2 Å². The van der Waals surface area contributed by atoms with Crippen molar-refractivity contribution < 1.29 is 4.74 Å². The van der Waals surface area contributed by atoms with Gasteiger partial charge in [-0.3, -0.25) is 4.90 Å². The van der Waals surface area contributed by atoms with Crippen LogP contribution >= 0.6 is 23.2 Å². The highest BCUT2D eigenvalue weighted by Crippen LogP contribution is 2.22. The average Bonchev–Trinajstić information content (AvgIpc) is 2.42. The minimum Gasteiger partial charge on any atom is -0.496 e. The topological polar surface area (TPSA) is 25.4 Å². The molecule has 0 spiro atoms. The van der Waals surface area contributed by atoms with Crippen molar-refractivity contribution in [2.24, 2.45) is 0 Å². The first kappa shape index (κ1) is 15.1. The van der Waals surface area contributed by atoms with E-state index in [0.29, 0.717) is 16.7 Å². The van der Waals surface area contributed by atoms with Crippen LogP contribution in [0.1, 0.15) is 11.1 Å². The number of hydrogen-bond acceptors (Lipinski definition) is 3. The molecule has 2 rings (SSSR count). The summed E-state index contributed by atoms with van der Waals surface area (Å²) in [5.74, 6) is 0.889. The Bertz CT molecular complexity index is 590. The molecule has 106 valence electrons. The molecule has 0 fully saturated rings. The third-order valence-corrected chi connectivity index (χ3v) is 3.53. The van der Waals surface area contributed by atoms with Crippen LogP contribution in [0.3, 0.4) is 0 Å². The Morgan fingerprint density at radius 1 is 1.15 bits per heavy atom. The number of ether oxygens (including phenoxy) is 1. The lowest BCUT2D eigenvalue weighted by molar-refractivity contribution is 0.310. The first-order valence-corrected chi connectivity index (χ1v) is 6.96. The fraction of sp³-hybridized carbons (Fsp3) is 0.267. The van der Waals surface area contributed by atoms with Gasteiger partial charge in [0.05, 0.1) is 7.11 Å². The predicted octanol–water partition coefficient (Wildman–Crippen LogP) is 4.03. The zero-order valence-corrected chi connectivity index (χ0v) is 12.9. The molecular weight excluding hydrogens is 295 g/mol. The van der Waals surface area contributed by atoms with Gasteiger partial charge in [-0.15, -0.1) is 0 Å². The molecule has 0 unspecified atom stereocenters. The number of nitrogens with zero attached hydrogens (tertiary/aromatic N) is 2. The smallest absolute Gasteiger partial charge is 0.130 e. The second kappa shape index (κ2) is 6.93. The molecule has 1 heterocycles. The van der Waals surface area contributed by atoms with Crippen molar-refractivity contribution in [2.75, 3.05) is 14.2 Å². The van der Waals surface area contributed by atoms with Crippen LogP contribution in [0.15, 0.2) is 36.5 Å². The summed E-state index contributed by atoms with van der Waals surface area (Å²) in [5, 5.41) is 1.04.